The lowest BCUT2D eigenvalue weighted by atomic mass is 10.0. The van der Waals surface area contributed by atoms with E-state index < -0.39 is 23.9 Å². The van der Waals surface area contributed by atoms with E-state index >= 15 is 0 Å². The molecule has 2 unspecified atom stereocenters. The first-order valence-corrected chi connectivity index (χ1v) is 12.2. The lowest BCUT2D eigenvalue weighted by Crippen LogP contribution is -2.23. The third-order valence-electron chi connectivity index (χ3n) is 6.00. The number of ether oxygens (including phenoxy) is 1. The molecule has 0 bridgehead atoms. The van der Waals surface area contributed by atoms with E-state index in [-0.39, 0.29) is 40.8 Å². The molecule has 2 aliphatic heterocycles. The molecule has 1 aromatic heterocycles. The molecule has 2 atom stereocenters. The number of hydrazone groups is 1. The molecule has 1 saturated heterocycles. The van der Waals surface area contributed by atoms with Crippen molar-refractivity contribution in [1.82, 2.24) is 9.78 Å². The van der Waals surface area contributed by atoms with Crippen LogP contribution in [0.25, 0.3) is 11.8 Å². The van der Waals surface area contributed by atoms with Crippen molar-refractivity contribution in [2.75, 3.05) is 11.6 Å². The fourth-order valence-electron chi connectivity index (χ4n) is 3.91. The smallest absolute Gasteiger partial charge is 0.281 e. The number of aromatic nitrogens is 2. The minimum Gasteiger partial charge on any atom is -0.493 e. The SMILES string of the molecule is CC(O)C(=O)c1nn(-c2ccccc2)c(O)c1/C=C/C=C/C=C1\C(=O)N(c2ccccc2)N=C1C(=O)C1CO1. The molecule has 2 aliphatic rings. The maximum Gasteiger partial charge on any atom is 0.281 e. The molecular weight excluding hydrogens is 500 g/mol. The Morgan fingerprint density at radius 1 is 1.03 bits per heavy atom. The molecule has 0 aliphatic carbocycles. The molecular formula is C29H24N4O6. The van der Waals surface area contributed by atoms with Crippen LogP contribution >= 0.6 is 0 Å². The molecule has 2 N–H and O–H groups in total. The maximum absolute atomic E-state index is 13.1. The number of carbonyl (C=O) groups excluding carboxylic acids is 3. The van der Waals surface area contributed by atoms with Crippen LogP contribution in [0.3, 0.4) is 0 Å². The summed E-state index contributed by atoms with van der Waals surface area (Å²) in [4.78, 5) is 38.4. The molecule has 1 amide bonds. The third kappa shape index (κ3) is 5.24. The number of aliphatic hydroxyl groups is 1. The fourth-order valence-corrected chi connectivity index (χ4v) is 3.91. The number of nitrogens with zero attached hydrogens (tertiary/aromatic N) is 4. The zero-order valence-electron chi connectivity index (χ0n) is 20.8. The number of benzene rings is 2. The summed E-state index contributed by atoms with van der Waals surface area (Å²) in [6.45, 7) is 1.61. The highest BCUT2D eigenvalue weighted by Crippen LogP contribution is 2.28. The molecule has 2 aromatic carbocycles. The highest BCUT2D eigenvalue weighted by Gasteiger charge is 2.42. The van der Waals surface area contributed by atoms with Crippen molar-refractivity contribution >= 4 is 34.9 Å². The number of amides is 1. The minimum atomic E-state index is -1.32. The van der Waals surface area contributed by atoms with Gasteiger partial charge in [-0.1, -0.05) is 54.6 Å². The summed E-state index contributed by atoms with van der Waals surface area (Å²) in [5.74, 6) is -1.74. The summed E-state index contributed by atoms with van der Waals surface area (Å²) < 4.78 is 6.31. The number of aromatic hydroxyl groups is 1. The van der Waals surface area contributed by atoms with Crippen molar-refractivity contribution < 1.29 is 29.3 Å². The van der Waals surface area contributed by atoms with Crippen molar-refractivity contribution in [1.29, 1.82) is 0 Å². The maximum atomic E-state index is 13.1. The zero-order valence-corrected chi connectivity index (χ0v) is 20.8. The van der Waals surface area contributed by atoms with E-state index in [0.29, 0.717) is 11.4 Å². The Balaban J connectivity index is 1.42. The van der Waals surface area contributed by atoms with Crippen molar-refractivity contribution in [2.24, 2.45) is 5.10 Å². The monoisotopic (exact) mass is 524 g/mol. The van der Waals surface area contributed by atoms with E-state index in [1.54, 1.807) is 66.8 Å². The number of hydrogen-bond donors (Lipinski definition) is 2. The standard InChI is InChI=1S/C29H24N4O6/c1-18(34)26(35)24-21(28(37)32(30-24)19-11-5-2-6-12-19)15-9-4-10-16-22-25(27(36)23-17-39-23)31-33(29(22)38)20-13-7-3-8-14-20/h2-16,18,23,34,37H,17H2,1H3/b10-4+,15-9+,22-16-. The molecule has 1 fully saturated rings. The van der Waals surface area contributed by atoms with Gasteiger partial charge in [-0.2, -0.15) is 19.9 Å². The summed E-state index contributed by atoms with van der Waals surface area (Å²) in [5, 5.41) is 30.3. The Morgan fingerprint density at radius 2 is 1.67 bits per heavy atom. The van der Waals surface area contributed by atoms with E-state index in [2.05, 4.69) is 10.2 Å². The summed E-state index contributed by atoms with van der Waals surface area (Å²) in [7, 11) is 0. The van der Waals surface area contributed by atoms with Gasteiger partial charge in [0.2, 0.25) is 17.4 Å². The van der Waals surface area contributed by atoms with Crippen LogP contribution in [0.5, 0.6) is 5.88 Å². The lowest BCUT2D eigenvalue weighted by Gasteiger charge is -2.10. The number of allylic oxidation sites excluding steroid dienone is 4. The Labute approximate surface area is 223 Å². The summed E-state index contributed by atoms with van der Waals surface area (Å²) >= 11 is 0. The summed E-state index contributed by atoms with van der Waals surface area (Å²) in [6.07, 6.45) is 5.68. The molecule has 0 saturated carbocycles. The van der Waals surface area contributed by atoms with Gasteiger partial charge >= 0.3 is 0 Å². The second-order valence-corrected chi connectivity index (χ2v) is 8.79. The molecule has 5 rings (SSSR count). The number of anilines is 1. The minimum absolute atomic E-state index is 0.0200. The predicted molar refractivity (Wildman–Crippen MR) is 144 cm³/mol. The van der Waals surface area contributed by atoms with E-state index in [0.717, 1.165) is 0 Å². The van der Waals surface area contributed by atoms with Gasteiger partial charge in [0.1, 0.15) is 23.6 Å². The number of ketones is 2. The van der Waals surface area contributed by atoms with Crippen molar-refractivity contribution in [3.63, 3.8) is 0 Å². The Kier molecular flexibility index (Phi) is 7.13. The molecule has 39 heavy (non-hydrogen) atoms. The van der Waals surface area contributed by atoms with Gasteiger partial charge in [-0.25, -0.2) is 0 Å². The predicted octanol–water partition coefficient (Wildman–Crippen LogP) is 3.01. The normalized spacial score (nSPS) is 18.8. The molecule has 0 spiro atoms. The first kappa shape index (κ1) is 25.7. The molecule has 3 heterocycles. The first-order chi connectivity index (χ1) is 18.9. The second-order valence-electron chi connectivity index (χ2n) is 8.79. The highest BCUT2D eigenvalue weighted by molar-refractivity contribution is 6.56. The van der Waals surface area contributed by atoms with Crippen LogP contribution in [0.15, 0.2) is 95.6 Å². The van der Waals surface area contributed by atoms with Crippen LogP contribution < -0.4 is 5.01 Å². The van der Waals surface area contributed by atoms with Gasteiger partial charge in [-0.05, 0) is 43.3 Å². The lowest BCUT2D eigenvalue weighted by molar-refractivity contribution is -0.115. The topological polar surface area (TPSA) is 138 Å². The highest BCUT2D eigenvalue weighted by atomic mass is 16.6. The van der Waals surface area contributed by atoms with Crippen LogP contribution in [-0.2, 0) is 14.3 Å². The van der Waals surface area contributed by atoms with Gasteiger partial charge in [0.05, 0.1) is 29.1 Å². The van der Waals surface area contributed by atoms with Gasteiger partial charge in [0.25, 0.3) is 5.91 Å². The number of Topliss-reactive ketones (excluding diaryl/α,β-unsaturated/α-hetero) is 2. The number of aliphatic hydroxyl groups excluding tert-OH is 1. The second kappa shape index (κ2) is 10.8. The van der Waals surface area contributed by atoms with Crippen molar-refractivity contribution in [3.8, 4) is 11.6 Å². The van der Waals surface area contributed by atoms with Gasteiger partial charge in [-0.15, -0.1) is 0 Å². The largest absolute Gasteiger partial charge is 0.493 e. The Morgan fingerprint density at radius 3 is 2.28 bits per heavy atom. The van der Waals surface area contributed by atoms with Crippen molar-refractivity contribution in [2.45, 2.75) is 19.1 Å². The van der Waals surface area contributed by atoms with E-state index in [4.69, 9.17) is 4.74 Å². The average Bonchev–Trinajstić information content (AvgIpc) is 3.69. The number of epoxide rings is 1. The van der Waals surface area contributed by atoms with Crippen LogP contribution in [0.1, 0.15) is 23.0 Å². The number of hydrogen-bond acceptors (Lipinski definition) is 8. The summed E-state index contributed by atoms with van der Waals surface area (Å²) in [5.41, 5.74) is 1.23. The Bertz CT molecular complexity index is 1550. The van der Waals surface area contributed by atoms with Crippen LogP contribution in [0.4, 0.5) is 5.69 Å². The molecule has 196 valence electrons. The summed E-state index contributed by atoms with van der Waals surface area (Å²) in [6, 6.07) is 17.5. The molecule has 10 nitrogen and oxygen atoms in total. The number of para-hydroxylation sites is 2. The van der Waals surface area contributed by atoms with E-state index in [1.807, 2.05) is 12.1 Å². The van der Waals surface area contributed by atoms with E-state index in [1.165, 1.54) is 28.8 Å². The van der Waals surface area contributed by atoms with Gasteiger partial charge < -0.3 is 14.9 Å². The molecule has 0 radical (unpaired) electrons. The fraction of sp³-hybridized carbons (Fsp3) is 0.138. The number of rotatable bonds is 9. The van der Waals surface area contributed by atoms with Gasteiger partial charge in [-0.3, -0.25) is 14.4 Å². The number of carbonyl (C=O) groups is 3. The molecule has 3 aromatic rings. The van der Waals surface area contributed by atoms with E-state index in [9.17, 15) is 24.6 Å². The van der Waals surface area contributed by atoms with Crippen LogP contribution in [0.2, 0.25) is 0 Å². The van der Waals surface area contributed by atoms with Gasteiger partial charge in [0.15, 0.2) is 0 Å². The zero-order chi connectivity index (χ0) is 27.5. The molecule has 10 heteroatoms. The Hall–Kier alpha value is -4.93. The van der Waals surface area contributed by atoms with Crippen LogP contribution in [-0.4, -0.2) is 62.0 Å². The van der Waals surface area contributed by atoms with Gasteiger partial charge in [0, 0.05) is 0 Å². The third-order valence-corrected chi connectivity index (χ3v) is 6.00. The van der Waals surface area contributed by atoms with Crippen LogP contribution in [0, 0.1) is 0 Å². The quantitative estimate of drug-likeness (QED) is 0.190. The average molecular weight is 525 g/mol. The first-order valence-electron chi connectivity index (χ1n) is 12.2. The van der Waals surface area contributed by atoms with Crippen molar-refractivity contribution in [3.05, 3.63) is 102 Å².